The maximum atomic E-state index is 13.5. The Morgan fingerprint density at radius 2 is 2.00 bits per heavy atom. The van der Waals surface area contributed by atoms with Crippen molar-refractivity contribution in [3.63, 3.8) is 0 Å². The number of nitrogens with one attached hydrogen (secondary N) is 1. The first-order valence-electron chi connectivity index (χ1n) is 6.61. The summed E-state index contributed by atoms with van der Waals surface area (Å²) in [5.74, 6) is -2.25. The highest BCUT2D eigenvalue weighted by atomic mass is 19.1. The van der Waals surface area contributed by atoms with E-state index in [9.17, 15) is 14.0 Å². The van der Waals surface area contributed by atoms with Gasteiger partial charge in [-0.05, 0) is 37.5 Å². The van der Waals surface area contributed by atoms with E-state index in [1.165, 1.54) is 11.0 Å². The first-order valence-corrected chi connectivity index (χ1v) is 6.61. The van der Waals surface area contributed by atoms with Gasteiger partial charge in [-0.15, -0.1) is 0 Å². The lowest BCUT2D eigenvalue weighted by Crippen LogP contribution is -2.32. The molecule has 7 heteroatoms. The molecule has 0 aromatic heterocycles. The summed E-state index contributed by atoms with van der Waals surface area (Å²) in [5, 5.41) is 19.9. The van der Waals surface area contributed by atoms with E-state index < -0.39 is 23.4 Å². The molecule has 0 fully saturated rings. The smallest absolute Gasteiger partial charge is 0.338 e. The van der Waals surface area contributed by atoms with Crippen LogP contribution >= 0.6 is 0 Å². The zero-order chi connectivity index (χ0) is 15.8. The Morgan fingerprint density at radius 1 is 1.29 bits per heavy atom. The van der Waals surface area contributed by atoms with E-state index >= 15 is 0 Å². The van der Waals surface area contributed by atoms with Crippen LogP contribution in [0.3, 0.4) is 0 Å². The van der Waals surface area contributed by atoms with Crippen molar-refractivity contribution in [3.8, 4) is 0 Å². The predicted octanol–water partition coefficient (Wildman–Crippen LogP) is 2.15. The van der Waals surface area contributed by atoms with E-state index in [1.54, 1.807) is 7.05 Å². The van der Waals surface area contributed by atoms with Crippen LogP contribution in [0.2, 0.25) is 0 Å². The summed E-state index contributed by atoms with van der Waals surface area (Å²) in [6, 6.07) is 3.01. The van der Waals surface area contributed by atoms with Crippen molar-refractivity contribution < 1.29 is 24.2 Å². The van der Waals surface area contributed by atoms with Gasteiger partial charge in [-0.3, -0.25) is 0 Å². The van der Waals surface area contributed by atoms with Crippen LogP contribution in [0.5, 0.6) is 0 Å². The van der Waals surface area contributed by atoms with Crippen molar-refractivity contribution in [2.75, 3.05) is 25.5 Å². The number of amides is 2. The molecular formula is C14H19FN2O4. The highest BCUT2D eigenvalue weighted by molar-refractivity contribution is 5.91. The fraction of sp³-hybridized carbons (Fsp3) is 0.429. The van der Waals surface area contributed by atoms with Crippen molar-refractivity contribution in [2.24, 2.45) is 0 Å². The van der Waals surface area contributed by atoms with Gasteiger partial charge in [0.1, 0.15) is 5.82 Å². The van der Waals surface area contributed by atoms with Crippen molar-refractivity contribution in [3.05, 3.63) is 29.6 Å². The van der Waals surface area contributed by atoms with Crippen LogP contribution in [0.15, 0.2) is 18.2 Å². The lowest BCUT2D eigenvalue weighted by atomic mass is 10.2. The maximum absolute atomic E-state index is 13.5. The molecule has 3 N–H and O–H groups in total. The van der Waals surface area contributed by atoms with Crippen molar-refractivity contribution in [1.82, 2.24) is 4.90 Å². The molecule has 0 aliphatic heterocycles. The number of halogens is 1. The van der Waals surface area contributed by atoms with Crippen LogP contribution in [0.1, 0.15) is 29.6 Å². The molecule has 0 saturated carbocycles. The largest absolute Gasteiger partial charge is 0.478 e. The predicted molar refractivity (Wildman–Crippen MR) is 75.9 cm³/mol. The average molecular weight is 298 g/mol. The fourth-order valence-electron chi connectivity index (χ4n) is 1.72. The number of nitrogens with zero attached hydrogens (tertiary/aromatic N) is 1. The van der Waals surface area contributed by atoms with Crippen molar-refractivity contribution >= 4 is 17.7 Å². The normalized spacial score (nSPS) is 10.2. The number of aliphatic hydroxyl groups excluding tert-OH is 1. The third kappa shape index (κ3) is 5.39. The first kappa shape index (κ1) is 16.9. The highest BCUT2D eigenvalue weighted by Gasteiger charge is 2.13. The molecule has 0 bridgehead atoms. The molecule has 1 aromatic rings. The number of aromatic carboxylic acids is 1. The molecule has 21 heavy (non-hydrogen) atoms. The van der Waals surface area contributed by atoms with Gasteiger partial charge >= 0.3 is 12.0 Å². The number of hydrogen-bond donors (Lipinski definition) is 3. The Balaban J connectivity index is 2.54. The van der Waals surface area contributed by atoms with Gasteiger partial charge in [-0.1, -0.05) is 0 Å². The standard InChI is InChI=1S/C14H19FN2O4/c1-17(7-3-2-4-8-18)14(21)16-10-5-6-11(13(19)20)12(15)9-10/h5-6,9,18H,2-4,7-8H2,1H3,(H,16,21)(H,19,20). The number of carboxylic acid groups (broad SMARTS) is 1. The number of rotatable bonds is 7. The van der Waals surface area contributed by atoms with Crippen LogP contribution in [0.4, 0.5) is 14.9 Å². The zero-order valence-electron chi connectivity index (χ0n) is 11.8. The SMILES string of the molecule is CN(CCCCCO)C(=O)Nc1ccc(C(=O)O)c(F)c1. The van der Waals surface area contributed by atoms with E-state index in [0.717, 1.165) is 25.0 Å². The number of unbranched alkanes of at least 4 members (excludes halogenated alkanes) is 2. The van der Waals surface area contributed by atoms with E-state index in [1.807, 2.05) is 0 Å². The molecule has 0 aliphatic rings. The Labute approximate surface area is 122 Å². The molecule has 1 rings (SSSR count). The molecule has 0 saturated heterocycles. The fourth-order valence-corrected chi connectivity index (χ4v) is 1.72. The summed E-state index contributed by atoms with van der Waals surface area (Å²) in [4.78, 5) is 24.0. The summed E-state index contributed by atoms with van der Waals surface area (Å²) in [7, 11) is 1.61. The Morgan fingerprint density at radius 3 is 2.57 bits per heavy atom. The van der Waals surface area contributed by atoms with Crippen molar-refractivity contribution in [1.29, 1.82) is 0 Å². The van der Waals surface area contributed by atoms with Gasteiger partial charge in [0, 0.05) is 25.9 Å². The topological polar surface area (TPSA) is 89.9 Å². The number of carboxylic acids is 1. The highest BCUT2D eigenvalue weighted by Crippen LogP contribution is 2.15. The zero-order valence-corrected chi connectivity index (χ0v) is 11.8. The minimum Gasteiger partial charge on any atom is -0.478 e. The van der Waals surface area contributed by atoms with Gasteiger partial charge in [0.05, 0.1) is 5.56 Å². The summed E-state index contributed by atoms with van der Waals surface area (Å²) >= 11 is 0. The second kappa shape index (κ2) is 8.21. The number of anilines is 1. The Kier molecular flexibility index (Phi) is 6.61. The number of carbonyl (C=O) groups excluding carboxylic acids is 1. The van der Waals surface area contributed by atoms with E-state index in [0.29, 0.717) is 13.0 Å². The molecule has 2 amide bonds. The molecular weight excluding hydrogens is 279 g/mol. The molecule has 0 radical (unpaired) electrons. The monoisotopic (exact) mass is 298 g/mol. The van der Waals surface area contributed by atoms with Gasteiger partial charge in [0.2, 0.25) is 0 Å². The number of aliphatic hydroxyl groups is 1. The summed E-state index contributed by atoms with van der Waals surface area (Å²) < 4.78 is 13.5. The summed E-state index contributed by atoms with van der Waals surface area (Å²) in [6.45, 7) is 0.645. The number of hydrogen-bond acceptors (Lipinski definition) is 3. The molecule has 0 aliphatic carbocycles. The Hall–Kier alpha value is -2.15. The van der Waals surface area contributed by atoms with E-state index in [4.69, 9.17) is 10.2 Å². The van der Waals surface area contributed by atoms with E-state index in [2.05, 4.69) is 5.32 Å². The molecule has 6 nitrogen and oxygen atoms in total. The number of urea groups is 1. The third-order valence-corrected chi connectivity index (χ3v) is 2.95. The van der Waals surface area contributed by atoms with Crippen LogP contribution in [0.25, 0.3) is 0 Å². The van der Waals surface area contributed by atoms with Crippen LogP contribution < -0.4 is 5.32 Å². The molecule has 0 spiro atoms. The van der Waals surface area contributed by atoms with Gasteiger partial charge in [0.25, 0.3) is 0 Å². The molecule has 116 valence electrons. The second-order valence-electron chi connectivity index (χ2n) is 4.64. The molecule has 0 atom stereocenters. The molecule has 1 aromatic carbocycles. The first-order chi connectivity index (χ1) is 9.95. The minimum atomic E-state index is -1.36. The molecule has 0 unspecified atom stereocenters. The minimum absolute atomic E-state index is 0.130. The summed E-state index contributed by atoms with van der Waals surface area (Å²) in [6.07, 6.45) is 2.27. The Bertz CT molecular complexity index is 508. The summed E-state index contributed by atoms with van der Waals surface area (Å²) in [5.41, 5.74) is -0.241. The van der Waals surface area contributed by atoms with Crippen molar-refractivity contribution in [2.45, 2.75) is 19.3 Å². The quantitative estimate of drug-likeness (QED) is 0.673. The van der Waals surface area contributed by atoms with Gasteiger partial charge in [-0.2, -0.15) is 0 Å². The maximum Gasteiger partial charge on any atom is 0.338 e. The second-order valence-corrected chi connectivity index (χ2v) is 4.64. The van der Waals surface area contributed by atoms with Crippen LogP contribution in [0, 0.1) is 5.82 Å². The average Bonchev–Trinajstić information content (AvgIpc) is 2.43. The lowest BCUT2D eigenvalue weighted by Gasteiger charge is -2.18. The number of benzene rings is 1. The van der Waals surface area contributed by atoms with Crippen LogP contribution in [-0.4, -0.2) is 47.3 Å². The lowest BCUT2D eigenvalue weighted by molar-refractivity contribution is 0.0692. The van der Waals surface area contributed by atoms with Gasteiger partial charge < -0.3 is 20.4 Å². The molecule has 0 heterocycles. The number of carbonyl (C=O) groups is 2. The van der Waals surface area contributed by atoms with Gasteiger partial charge in [-0.25, -0.2) is 14.0 Å². The van der Waals surface area contributed by atoms with Gasteiger partial charge in [0.15, 0.2) is 0 Å². The van der Waals surface area contributed by atoms with E-state index in [-0.39, 0.29) is 12.3 Å². The third-order valence-electron chi connectivity index (χ3n) is 2.95. The van der Waals surface area contributed by atoms with Crippen LogP contribution in [-0.2, 0) is 0 Å².